The highest BCUT2D eigenvalue weighted by Crippen LogP contribution is 2.26. The molecule has 1 aliphatic heterocycles. The Labute approximate surface area is 247 Å². The van der Waals surface area contributed by atoms with E-state index in [-0.39, 0.29) is 30.0 Å². The molecule has 0 saturated heterocycles. The Morgan fingerprint density at radius 2 is 1.80 bits per heavy atom. The molecule has 1 N–H and O–H groups in total. The summed E-state index contributed by atoms with van der Waals surface area (Å²) in [6, 6.07) is 14.1. The standard InChI is InChI=1S/C31H33BrN6O3/c1-18(2)14-23-12-13-37(35-23)31-34-27-17-36(29(40)22-8-11-26(32)19(3)15-22)20(4)16-25(27)30(41)38(31)24-9-6-21(7-10-24)28(39)33-5/h6-13,15,18,20H,14,16-17H2,1-5H3,(H,33,39). The van der Waals surface area contributed by atoms with Gasteiger partial charge in [0, 0.05) is 40.4 Å². The molecule has 1 aliphatic rings. The molecule has 0 aliphatic carbocycles. The third kappa shape index (κ3) is 5.61. The van der Waals surface area contributed by atoms with Crippen molar-refractivity contribution >= 4 is 27.7 Å². The number of halogens is 1. The number of nitrogens with one attached hydrogen (secondary N) is 1. The van der Waals surface area contributed by atoms with Crippen LogP contribution < -0.4 is 10.9 Å². The first-order valence-corrected chi connectivity index (χ1v) is 14.5. The smallest absolute Gasteiger partial charge is 0.263 e. The van der Waals surface area contributed by atoms with E-state index in [1.165, 1.54) is 0 Å². The average molecular weight is 618 g/mol. The van der Waals surface area contributed by atoms with E-state index < -0.39 is 0 Å². The lowest BCUT2D eigenvalue weighted by atomic mass is 9.98. The van der Waals surface area contributed by atoms with E-state index in [9.17, 15) is 14.4 Å². The van der Waals surface area contributed by atoms with E-state index in [0.29, 0.717) is 46.4 Å². The summed E-state index contributed by atoms with van der Waals surface area (Å²) in [6.07, 6.45) is 2.96. The van der Waals surface area contributed by atoms with Crippen LogP contribution in [-0.2, 0) is 19.4 Å². The zero-order chi connectivity index (χ0) is 29.4. The fourth-order valence-electron chi connectivity index (χ4n) is 5.15. The summed E-state index contributed by atoms with van der Waals surface area (Å²) in [5.41, 5.74) is 4.44. The van der Waals surface area contributed by atoms with Crippen molar-refractivity contribution in [1.29, 1.82) is 0 Å². The van der Waals surface area contributed by atoms with Gasteiger partial charge in [0.15, 0.2) is 0 Å². The maximum atomic E-state index is 14.1. The Balaban J connectivity index is 1.61. The molecule has 10 heteroatoms. The molecule has 1 unspecified atom stereocenters. The average Bonchev–Trinajstić information content (AvgIpc) is 3.41. The number of hydrogen-bond donors (Lipinski definition) is 1. The Morgan fingerprint density at radius 1 is 1.10 bits per heavy atom. The first kappa shape index (κ1) is 28.5. The molecular formula is C31H33BrN6O3. The van der Waals surface area contributed by atoms with E-state index in [1.54, 1.807) is 57.7 Å². The van der Waals surface area contributed by atoms with Gasteiger partial charge < -0.3 is 10.2 Å². The van der Waals surface area contributed by atoms with Gasteiger partial charge in [-0.25, -0.2) is 14.2 Å². The fraction of sp³-hybridized carbons (Fsp3) is 0.323. The Kier molecular flexibility index (Phi) is 7.95. The van der Waals surface area contributed by atoms with Crippen molar-refractivity contribution in [1.82, 2.24) is 29.5 Å². The summed E-state index contributed by atoms with van der Waals surface area (Å²) in [7, 11) is 1.58. The number of carbonyl (C=O) groups excluding carboxylic acids is 2. The number of hydrogen-bond acceptors (Lipinski definition) is 5. The molecule has 9 nitrogen and oxygen atoms in total. The lowest BCUT2D eigenvalue weighted by Crippen LogP contribution is -2.46. The second kappa shape index (κ2) is 11.4. The summed E-state index contributed by atoms with van der Waals surface area (Å²) in [6.45, 7) is 8.36. The third-order valence-electron chi connectivity index (χ3n) is 7.34. The molecule has 0 radical (unpaired) electrons. The van der Waals surface area contributed by atoms with Crippen molar-refractivity contribution in [2.75, 3.05) is 7.05 Å². The van der Waals surface area contributed by atoms with Crippen LogP contribution in [0.2, 0.25) is 0 Å². The topological polar surface area (TPSA) is 102 Å². The van der Waals surface area contributed by atoms with E-state index >= 15 is 0 Å². The van der Waals surface area contributed by atoms with Crippen molar-refractivity contribution in [3.63, 3.8) is 0 Å². The second-order valence-electron chi connectivity index (χ2n) is 10.9. The van der Waals surface area contributed by atoms with Crippen LogP contribution in [0.4, 0.5) is 0 Å². The summed E-state index contributed by atoms with van der Waals surface area (Å²) >= 11 is 3.50. The molecule has 2 aromatic carbocycles. The minimum absolute atomic E-state index is 0.102. The predicted molar refractivity (Wildman–Crippen MR) is 161 cm³/mol. The summed E-state index contributed by atoms with van der Waals surface area (Å²) in [5.74, 6) is 0.433. The number of aryl methyl sites for hydroxylation is 1. The molecule has 0 spiro atoms. The van der Waals surface area contributed by atoms with Crippen LogP contribution in [0.1, 0.15) is 64.0 Å². The van der Waals surface area contributed by atoms with E-state index in [2.05, 4.69) is 35.1 Å². The van der Waals surface area contributed by atoms with E-state index in [4.69, 9.17) is 10.1 Å². The molecule has 2 aromatic heterocycles. The van der Waals surface area contributed by atoms with E-state index in [1.807, 2.05) is 32.0 Å². The molecule has 41 heavy (non-hydrogen) atoms. The lowest BCUT2D eigenvalue weighted by Gasteiger charge is -2.34. The summed E-state index contributed by atoms with van der Waals surface area (Å²) in [4.78, 5) is 46.6. The van der Waals surface area contributed by atoms with Gasteiger partial charge in [-0.2, -0.15) is 5.10 Å². The predicted octanol–water partition coefficient (Wildman–Crippen LogP) is 4.63. The highest BCUT2D eigenvalue weighted by Gasteiger charge is 2.32. The SMILES string of the molecule is CNC(=O)c1ccc(-n2c(-n3ccc(CC(C)C)n3)nc3c(c2=O)CC(C)N(C(=O)c2ccc(Br)c(C)c2)C3)cc1. The number of aromatic nitrogens is 4. The van der Waals surface area contributed by atoms with Crippen molar-refractivity contribution in [3.8, 4) is 11.6 Å². The van der Waals surface area contributed by atoms with Crippen LogP contribution in [0, 0.1) is 12.8 Å². The van der Waals surface area contributed by atoms with Crippen molar-refractivity contribution in [3.05, 3.63) is 103 Å². The monoisotopic (exact) mass is 616 g/mol. The maximum Gasteiger partial charge on any atom is 0.263 e. The first-order chi connectivity index (χ1) is 19.6. The van der Waals surface area contributed by atoms with Gasteiger partial charge in [0.2, 0.25) is 5.95 Å². The lowest BCUT2D eigenvalue weighted by molar-refractivity contribution is 0.0652. The quantitative estimate of drug-likeness (QED) is 0.340. The van der Waals surface area contributed by atoms with Gasteiger partial charge in [0.25, 0.3) is 17.4 Å². The molecule has 2 amide bonds. The summed E-state index contributed by atoms with van der Waals surface area (Å²) < 4.78 is 4.10. The van der Waals surface area contributed by atoms with Crippen molar-refractivity contribution < 1.29 is 9.59 Å². The zero-order valence-corrected chi connectivity index (χ0v) is 25.4. The number of benzene rings is 2. The van der Waals surface area contributed by atoms with Gasteiger partial charge in [0.1, 0.15) is 0 Å². The molecule has 212 valence electrons. The molecular weight excluding hydrogens is 584 g/mol. The fourth-order valence-corrected chi connectivity index (χ4v) is 5.40. The highest BCUT2D eigenvalue weighted by molar-refractivity contribution is 9.10. The van der Waals surface area contributed by atoms with Gasteiger partial charge in [-0.15, -0.1) is 0 Å². The molecule has 4 aromatic rings. The number of fused-ring (bicyclic) bond motifs is 1. The highest BCUT2D eigenvalue weighted by atomic mass is 79.9. The Hall–Kier alpha value is -4.05. The normalized spacial score (nSPS) is 14.7. The minimum Gasteiger partial charge on any atom is -0.355 e. The van der Waals surface area contributed by atoms with E-state index in [0.717, 1.165) is 22.2 Å². The van der Waals surface area contributed by atoms with Crippen LogP contribution in [0.3, 0.4) is 0 Å². The molecule has 0 saturated carbocycles. The van der Waals surface area contributed by atoms with Crippen LogP contribution in [-0.4, -0.2) is 49.1 Å². The molecule has 1 atom stereocenters. The van der Waals surface area contributed by atoms with Gasteiger partial charge in [-0.1, -0.05) is 29.8 Å². The largest absolute Gasteiger partial charge is 0.355 e. The number of amides is 2. The maximum absolute atomic E-state index is 14.1. The first-order valence-electron chi connectivity index (χ1n) is 13.7. The zero-order valence-electron chi connectivity index (χ0n) is 23.8. The Bertz CT molecular complexity index is 1690. The molecule has 3 heterocycles. The van der Waals surface area contributed by atoms with Gasteiger partial charge >= 0.3 is 0 Å². The van der Waals surface area contributed by atoms with Gasteiger partial charge in [0.05, 0.1) is 23.6 Å². The van der Waals surface area contributed by atoms with Crippen LogP contribution in [0.25, 0.3) is 11.6 Å². The molecule has 0 fully saturated rings. The number of rotatable bonds is 6. The van der Waals surface area contributed by atoms with Crippen LogP contribution in [0.15, 0.2) is 64.0 Å². The number of carbonyl (C=O) groups is 2. The third-order valence-corrected chi connectivity index (χ3v) is 8.23. The van der Waals surface area contributed by atoms with Crippen molar-refractivity contribution in [2.45, 2.75) is 53.1 Å². The van der Waals surface area contributed by atoms with Gasteiger partial charge in [-0.3, -0.25) is 14.4 Å². The van der Waals surface area contributed by atoms with Crippen LogP contribution in [0.5, 0.6) is 0 Å². The minimum atomic E-state index is -0.211. The van der Waals surface area contributed by atoms with Crippen LogP contribution >= 0.6 is 15.9 Å². The molecule has 5 rings (SSSR count). The summed E-state index contributed by atoms with van der Waals surface area (Å²) in [5, 5.41) is 7.35. The second-order valence-corrected chi connectivity index (χ2v) is 11.8. The number of nitrogens with zero attached hydrogens (tertiary/aromatic N) is 5. The Morgan fingerprint density at radius 3 is 2.46 bits per heavy atom. The molecule has 0 bridgehead atoms. The van der Waals surface area contributed by atoms with Crippen molar-refractivity contribution in [2.24, 2.45) is 5.92 Å². The van der Waals surface area contributed by atoms with Gasteiger partial charge in [-0.05, 0) is 86.7 Å².